The van der Waals surface area contributed by atoms with Crippen LogP contribution in [-0.4, -0.2) is 22.7 Å². The third-order valence-corrected chi connectivity index (χ3v) is 4.60. The Morgan fingerprint density at radius 1 is 1.26 bits per heavy atom. The molecule has 19 heavy (non-hydrogen) atoms. The molecule has 0 bridgehead atoms. The van der Waals surface area contributed by atoms with Crippen molar-refractivity contribution in [1.82, 2.24) is 4.98 Å². The van der Waals surface area contributed by atoms with Gasteiger partial charge < -0.3 is 10.0 Å². The van der Waals surface area contributed by atoms with Gasteiger partial charge in [-0.15, -0.1) is 0 Å². The predicted octanol–water partition coefficient (Wildman–Crippen LogP) is 2.87. The predicted molar refractivity (Wildman–Crippen MR) is 72.4 cm³/mol. The number of nitrogens with zero attached hydrogens (tertiary/aromatic N) is 2. The third kappa shape index (κ3) is 2.46. The van der Waals surface area contributed by atoms with E-state index in [0.717, 1.165) is 18.3 Å². The molecule has 3 nitrogen and oxygen atoms in total. The first-order chi connectivity index (χ1) is 9.29. The molecular weight excluding hydrogens is 243 g/mol. The Morgan fingerprint density at radius 2 is 2.05 bits per heavy atom. The molecule has 1 aromatic rings. The minimum Gasteiger partial charge on any atom is -0.392 e. The van der Waals surface area contributed by atoms with Crippen molar-refractivity contribution in [2.75, 3.05) is 11.4 Å². The van der Waals surface area contributed by atoms with Crippen molar-refractivity contribution in [2.24, 2.45) is 5.92 Å². The zero-order valence-corrected chi connectivity index (χ0v) is 11.2. The van der Waals surface area contributed by atoms with E-state index < -0.39 is 0 Å². The van der Waals surface area contributed by atoms with Crippen LogP contribution in [0.5, 0.6) is 0 Å². The fourth-order valence-corrected chi connectivity index (χ4v) is 3.74. The van der Waals surface area contributed by atoms with Crippen LogP contribution in [0.4, 0.5) is 10.2 Å². The van der Waals surface area contributed by atoms with Gasteiger partial charge in [0.2, 0.25) is 0 Å². The normalized spacial score (nSPS) is 27.2. The summed E-state index contributed by atoms with van der Waals surface area (Å²) in [6.45, 7) is 0.834. The van der Waals surface area contributed by atoms with Gasteiger partial charge in [0.15, 0.2) is 0 Å². The Kier molecular flexibility index (Phi) is 3.69. The van der Waals surface area contributed by atoms with Crippen LogP contribution in [0.2, 0.25) is 0 Å². The smallest absolute Gasteiger partial charge is 0.142 e. The molecule has 3 rings (SSSR count). The molecule has 0 radical (unpaired) electrons. The highest BCUT2D eigenvalue weighted by Gasteiger charge is 2.34. The SMILES string of the molecule is OCc1cc(F)cnc1N1CCC[C@H]2CCCC[C@H]21. The first kappa shape index (κ1) is 12.9. The lowest BCUT2D eigenvalue weighted by atomic mass is 9.78. The van der Waals surface area contributed by atoms with Crippen LogP contribution in [0.25, 0.3) is 0 Å². The second-order valence-electron chi connectivity index (χ2n) is 5.74. The van der Waals surface area contributed by atoms with Crippen molar-refractivity contribution in [1.29, 1.82) is 0 Å². The third-order valence-electron chi connectivity index (χ3n) is 4.60. The molecular formula is C15H21FN2O. The molecule has 0 spiro atoms. The molecule has 104 valence electrons. The Morgan fingerprint density at radius 3 is 2.89 bits per heavy atom. The molecule has 2 aliphatic rings. The van der Waals surface area contributed by atoms with Gasteiger partial charge in [-0.2, -0.15) is 0 Å². The van der Waals surface area contributed by atoms with Crippen molar-refractivity contribution in [3.05, 3.63) is 23.6 Å². The van der Waals surface area contributed by atoms with Gasteiger partial charge in [-0.05, 0) is 37.7 Å². The molecule has 1 N–H and O–H groups in total. The number of aliphatic hydroxyl groups is 1. The van der Waals surface area contributed by atoms with Gasteiger partial charge >= 0.3 is 0 Å². The molecule has 2 fully saturated rings. The molecule has 0 amide bonds. The second kappa shape index (κ2) is 5.45. The molecule has 1 aliphatic carbocycles. The number of halogens is 1. The maximum absolute atomic E-state index is 13.2. The van der Waals surface area contributed by atoms with Crippen molar-refractivity contribution >= 4 is 5.82 Å². The van der Waals surface area contributed by atoms with Crippen LogP contribution in [-0.2, 0) is 6.61 Å². The van der Waals surface area contributed by atoms with E-state index in [9.17, 15) is 9.50 Å². The highest BCUT2D eigenvalue weighted by atomic mass is 19.1. The van der Waals surface area contributed by atoms with E-state index in [-0.39, 0.29) is 12.4 Å². The highest BCUT2D eigenvalue weighted by molar-refractivity contribution is 5.48. The first-order valence-corrected chi connectivity index (χ1v) is 7.31. The van der Waals surface area contributed by atoms with Crippen LogP contribution in [0, 0.1) is 11.7 Å². The van der Waals surface area contributed by atoms with Gasteiger partial charge in [-0.1, -0.05) is 12.8 Å². The summed E-state index contributed by atoms with van der Waals surface area (Å²) in [4.78, 5) is 6.57. The second-order valence-corrected chi connectivity index (χ2v) is 5.74. The maximum Gasteiger partial charge on any atom is 0.142 e. The summed E-state index contributed by atoms with van der Waals surface area (Å²) in [7, 11) is 0. The number of rotatable bonds is 2. The topological polar surface area (TPSA) is 36.4 Å². The lowest BCUT2D eigenvalue weighted by molar-refractivity contribution is 0.239. The molecule has 1 saturated carbocycles. The molecule has 2 heterocycles. The Balaban J connectivity index is 1.91. The quantitative estimate of drug-likeness (QED) is 0.892. The van der Waals surface area contributed by atoms with Crippen LogP contribution in [0.15, 0.2) is 12.3 Å². The standard InChI is InChI=1S/C15H21FN2O/c16-13-8-12(10-19)15(17-9-13)18-7-3-5-11-4-1-2-6-14(11)18/h8-9,11,14,19H,1-7,10H2/t11-,14-/m1/s1. The fourth-order valence-electron chi connectivity index (χ4n) is 3.74. The largest absolute Gasteiger partial charge is 0.392 e. The summed E-state index contributed by atoms with van der Waals surface area (Å²) in [6, 6.07) is 1.94. The van der Waals surface area contributed by atoms with Crippen molar-refractivity contribution in [3.8, 4) is 0 Å². The molecule has 1 aliphatic heterocycles. The zero-order chi connectivity index (χ0) is 13.2. The maximum atomic E-state index is 13.2. The van der Waals surface area contributed by atoms with E-state index >= 15 is 0 Å². The van der Waals surface area contributed by atoms with Gasteiger partial charge in [0, 0.05) is 18.2 Å². The van der Waals surface area contributed by atoms with Crippen molar-refractivity contribution < 1.29 is 9.50 Å². The van der Waals surface area contributed by atoms with Crippen LogP contribution in [0.1, 0.15) is 44.1 Å². The first-order valence-electron chi connectivity index (χ1n) is 7.31. The summed E-state index contributed by atoms with van der Waals surface area (Å²) in [5, 5.41) is 9.44. The minimum atomic E-state index is -0.370. The van der Waals surface area contributed by atoms with Crippen molar-refractivity contribution in [3.63, 3.8) is 0 Å². The zero-order valence-electron chi connectivity index (χ0n) is 11.2. The lowest BCUT2D eigenvalue weighted by Gasteiger charge is -2.45. The molecule has 1 aromatic heterocycles. The number of hydrogen-bond donors (Lipinski definition) is 1. The summed E-state index contributed by atoms with van der Waals surface area (Å²) < 4.78 is 13.2. The van der Waals surface area contributed by atoms with Crippen molar-refractivity contribution in [2.45, 2.75) is 51.2 Å². The van der Waals surface area contributed by atoms with E-state index in [1.807, 2.05) is 0 Å². The molecule has 2 atom stereocenters. The number of piperidine rings is 1. The summed E-state index contributed by atoms with van der Waals surface area (Å²) in [5.74, 6) is 1.17. The van der Waals surface area contributed by atoms with E-state index in [4.69, 9.17) is 0 Å². The lowest BCUT2D eigenvalue weighted by Crippen LogP contribution is -2.47. The highest BCUT2D eigenvalue weighted by Crippen LogP contribution is 2.38. The Hall–Kier alpha value is -1.16. The fraction of sp³-hybridized carbons (Fsp3) is 0.667. The van der Waals surface area contributed by atoms with Crippen LogP contribution < -0.4 is 4.90 Å². The average Bonchev–Trinajstić information content (AvgIpc) is 2.46. The van der Waals surface area contributed by atoms with Gasteiger partial charge in [0.25, 0.3) is 0 Å². The van der Waals surface area contributed by atoms with Crippen LogP contribution >= 0.6 is 0 Å². The van der Waals surface area contributed by atoms with Crippen LogP contribution in [0.3, 0.4) is 0 Å². The minimum absolute atomic E-state index is 0.145. The number of hydrogen-bond acceptors (Lipinski definition) is 3. The van der Waals surface area contributed by atoms with E-state index in [0.29, 0.717) is 11.6 Å². The Labute approximate surface area is 113 Å². The number of aromatic nitrogens is 1. The number of aliphatic hydroxyl groups excluding tert-OH is 1. The number of pyridine rings is 1. The summed E-state index contributed by atoms with van der Waals surface area (Å²) >= 11 is 0. The molecule has 0 aromatic carbocycles. The van der Waals surface area contributed by atoms with E-state index in [1.54, 1.807) is 0 Å². The van der Waals surface area contributed by atoms with Gasteiger partial charge in [0.1, 0.15) is 11.6 Å². The molecule has 0 unspecified atom stereocenters. The van der Waals surface area contributed by atoms with E-state index in [2.05, 4.69) is 9.88 Å². The Bertz CT molecular complexity index is 450. The monoisotopic (exact) mass is 264 g/mol. The summed E-state index contributed by atoms with van der Waals surface area (Å²) in [6.07, 6.45) is 8.85. The van der Waals surface area contributed by atoms with Gasteiger partial charge in [0.05, 0.1) is 12.8 Å². The number of fused-ring (bicyclic) bond motifs is 1. The molecule has 4 heteroatoms. The van der Waals surface area contributed by atoms with E-state index in [1.165, 1.54) is 50.8 Å². The van der Waals surface area contributed by atoms with Gasteiger partial charge in [-0.25, -0.2) is 9.37 Å². The molecule has 1 saturated heterocycles. The summed E-state index contributed by atoms with van der Waals surface area (Å²) in [5.41, 5.74) is 0.617. The number of anilines is 1. The average molecular weight is 264 g/mol. The van der Waals surface area contributed by atoms with Gasteiger partial charge in [-0.3, -0.25) is 0 Å².